The molecule has 4 rings (SSSR count). The molecule has 0 aliphatic carbocycles. The van der Waals surface area contributed by atoms with Crippen molar-refractivity contribution in [3.63, 3.8) is 0 Å². The third kappa shape index (κ3) is 3.93. The summed E-state index contributed by atoms with van der Waals surface area (Å²) >= 11 is 18.8. The number of nitrogens with zero attached hydrogens (tertiary/aromatic N) is 3. The second kappa shape index (κ2) is 8.58. The summed E-state index contributed by atoms with van der Waals surface area (Å²) in [5.74, 6) is 0.514. The SMILES string of the molecule is CC1=C(C(=O)N(C)[C@@H](C)c2ccccc2)C(c2ccc(Cl)c(Cl)c2)n2ncc(Cl)c2N1. The summed E-state index contributed by atoms with van der Waals surface area (Å²) < 4.78 is 1.71. The highest BCUT2D eigenvalue weighted by molar-refractivity contribution is 6.42. The van der Waals surface area contributed by atoms with Crippen molar-refractivity contribution in [1.29, 1.82) is 0 Å². The molecule has 1 aromatic heterocycles. The first-order valence-corrected chi connectivity index (χ1v) is 10.9. The van der Waals surface area contributed by atoms with Crippen LogP contribution in [0.3, 0.4) is 0 Å². The zero-order valence-electron chi connectivity index (χ0n) is 17.2. The molecule has 1 aliphatic rings. The summed E-state index contributed by atoms with van der Waals surface area (Å²) in [5.41, 5.74) is 3.12. The summed E-state index contributed by atoms with van der Waals surface area (Å²) in [5, 5.41) is 9.01. The molecule has 160 valence electrons. The highest BCUT2D eigenvalue weighted by Crippen LogP contribution is 2.41. The molecule has 8 heteroatoms. The molecule has 2 atom stereocenters. The second-order valence-electron chi connectivity index (χ2n) is 7.53. The van der Waals surface area contributed by atoms with Gasteiger partial charge in [-0.15, -0.1) is 0 Å². The molecule has 2 heterocycles. The Kier molecular flexibility index (Phi) is 6.02. The number of carbonyl (C=O) groups excluding carboxylic acids is 1. The summed E-state index contributed by atoms with van der Waals surface area (Å²) in [6, 6.07) is 14.6. The lowest BCUT2D eigenvalue weighted by Gasteiger charge is -2.34. The third-order valence-electron chi connectivity index (χ3n) is 5.65. The second-order valence-corrected chi connectivity index (χ2v) is 8.75. The molecule has 1 amide bonds. The lowest BCUT2D eigenvalue weighted by Crippen LogP contribution is -2.37. The van der Waals surface area contributed by atoms with Crippen molar-refractivity contribution in [2.24, 2.45) is 0 Å². The normalized spacial score (nSPS) is 16.5. The first kappa shape index (κ1) is 21.8. The molecule has 0 saturated carbocycles. The van der Waals surface area contributed by atoms with Crippen LogP contribution in [-0.4, -0.2) is 27.6 Å². The Bertz CT molecular complexity index is 1170. The van der Waals surface area contributed by atoms with E-state index in [0.29, 0.717) is 32.2 Å². The largest absolute Gasteiger partial charge is 0.342 e. The van der Waals surface area contributed by atoms with Crippen LogP contribution < -0.4 is 5.32 Å². The Hall–Kier alpha value is -2.47. The van der Waals surface area contributed by atoms with Gasteiger partial charge in [-0.25, -0.2) is 4.68 Å². The smallest absolute Gasteiger partial charge is 0.254 e. The number of likely N-dealkylation sites (N-methyl/N-ethyl adjacent to an activating group) is 1. The van der Waals surface area contributed by atoms with Gasteiger partial charge in [0.05, 0.1) is 27.9 Å². The van der Waals surface area contributed by atoms with Crippen LogP contribution in [0.1, 0.15) is 37.1 Å². The van der Waals surface area contributed by atoms with E-state index in [9.17, 15) is 4.79 Å². The van der Waals surface area contributed by atoms with Crippen molar-refractivity contribution in [3.8, 4) is 0 Å². The highest BCUT2D eigenvalue weighted by Gasteiger charge is 2.36. The average molecular weight is 476 g/mol. The van der Waals surface area contributed by atoms with E-state index < -0.39 is 6.04 Å². The van der Waals surface area contributed by atoms with Crippen LogP contribution in [0.5, 0.6) is 0 Å². The van der Waals surface area contributed by atoms with Crippen LogP contribution in [0.2, 0.25) is 15.1 Å². The summed E-state index contributed by atoms with van der Waals surface area (Å²) in [6.07, 6.45) is 1.56. The number of allylic oxidation sites excluding steroid dienone is 1. The molecule has 1 N–H and O–H groups in total. The number of amides is 1. The number of nitrogens with one attached hydrogen (secondary N) is 1. The van der Waals surface area contributed by atoms with Gasteiger partial charge in [-0.2, -0.15) is 5.10 Å². The Morgan fingerprint density at radius 3 is 2.48 bits per heavy atom. The van der Waals surface area contributed by atoms with E-state index in [1.54, 1.807) is 35.0 Å². The van der Waals surface area contributed by atoms with Gasteiger partial charge >= 0.3 is 0 Å². The van der Waals surface area contributed by atoms with E-state index in [-0.39, 0.29) is 11.9 Å². The number of hydrogen-bond donors (Lipinski definition) is 1. The fraction of sp³-hybridized carbons (Fsp3) is 0.217. The van der Waals surface area contributed by atoms with Gasteiger partial charge in [0, 0.05) is 12.7 Å². The van der Waals surface area contributed by atoms with Crippen molar-refractivity contribution in [1.82, 2.24) is 14.7 Å². The topological polar surface area (TPSA) is 50.2 Å². The fourth-order valence-electron chi connectivity index (χ4n) is 3.81. The van der Waals surface area contributed by atoms with Crippen LogP contribution in [0.25, 0.3) is 0 Å². The van der Waals surface area contributed by atoms with Gasteiger partial charge in [0.25, 0.3) is 5.91 Å². The molecule has 0 saturated heterocycles. The van der Waals surface area contributed by atoms with Crippen LogP contribution >= 0.6 is 34.8 Å². The molecule has 0 radical (unpaired) electrons. The number of halogens is 3. The maximum absolute atomic E-state index is 13.8. The molecular formula is C23H21Cl3N4O. The van der Waals surface area contributed by atoms with Gasteiger partial charge < -0.3 is 10.2 Å². The molecule has 0 spiro atoms. The number of rotatable bonds is 4. The van der Waals surface area contributed by atoms with Crippen molar-refractivity contribution in [3.05, 3.63) is 92.2 Å². The van der Waals surface area contributed by atoms with Crippen LogP contribution in [0, 0.1) is 0 Å². The fourth-order valence-corrected chi connectivity index (χ4v) is 4.30. The summed E-state index contributed by atoms with van der Waals surface area (Å²) in [6.45, 7) is 3.87. The molecule has 0 bridgehead atoms. The van der Waals surface area contributed by atoms with Gasteiger partial charge in [0.1, 0.15) is 16.9 Å². The van der Waals surface area contributed by atoms with E-state index in [1.165, 1.54) is 0 Å². The number of fused-ring (bicyclic) bond motifs is 1. The maximum Gasteiger partial charge on any atom is 0.254 e. The first-order chi connectivity index (χ1) is 14.8. The van der Waals surface area contributed by atoms with Crippen molar-refractivity contribution < 1.29 is 4.79 Å². The minimum atomic E-state index is -0.503. The minimum Gasteiger partial charge on any atom is -0.342 e. The number of benzene rings is 2. The Morgan fingerprint density at radius 2 is 1.81 bits per heavy atom. The van der Waals surface area contributed by atoms with Crippen molar-refractivity contribution in [2.75, 3.05) is 12.4 Å². The summed E-state index contributed by atoms with van der Waals surface area (Å²) in [4.78, 5) is 15.5. The van der Waals surface area contributed by atoms with Gasteiger partial charge in [-0.3, -0.25) is 4.79 Å². The Labute approximate surface area is 196 Å². The zero-order chi connectivity index (χ0) is 22.3. The van der Waals surface area contributed by atoms with Gasteiger partial charge in [-0.05, 0) is 37.1 Å². The molecule has 1 aliphatic heterocycles. The molecule has 2 aromatic carbocycles. The quantitative estimate of drug-likeness (QED) is 0.478. The summed E-state index contributed by atoms with van der Waals surface area (Å²) in [7, 11) is 1.80. The third-order valence-corrected chi connectivity index (χ3v) is 6.67. The average Bonchev–Trinajstić information content (AvgIpc) is 3.14. The van der Waals surface area contributed by atoms with Gasteiger partial charge in [-0.1, -0.05) is 71.2 Å². The standard InChI is InChI=1S/C23H21Cl3N4O/c1-13-20(23(31)29(3)14(2)15-7-5-4-6-8-15)21(16-9-10-17(24)18(25)11-16)30-22(28-13)19(26)12-27-30/h4-12,14,21,28H,1-3H3/t14-,21?/m0/s1. The predicted molar refractivity (Wildman–Crippen MR) is 126 cm³/mol. The molecule has 31 heavy (non-hydrogen) atoms. The van der Waals surface area contributed by atoms with Gasteiger partial charge in [0.2, 0.25) is 0 Å². The van der Waals surface area contributed by atoms with E-state index in [1.807, 2.05) is 50.2 Å². The van der Waals surface area contributed by atoms with Crippen LogP contribution in [-0.2, 0) is 4.79 Å². The molecule has 0 fully saturated rings. The van der Waals surface area contributed by atoms with Crippen LogP contribution in [0.4, 0.5) is 5.82 Å². The molecule has 1 unspecified atom stereocenters. The van der Waals surface area contributed by atoms with E-state index in [2.05, 4.69) is 10.4 Å². The van der Waals surface area contributed by atoms with Gasteiger partial charge in [0.15, 0.2) is 0 Å². The number of carbonyl (C=O) groups is 1. The number of aromatic nitrogens is 2. The van der Waals surface area contributed by atoms with E-state index in [4.69, 9.17) is 34.8 Å². The molecule has 5 nitrogen and oxygen atoms in total. The zero-order valence-corrected chi connectivity index (χ0v) is 19.5. The monoisotopic (exact) mass is 474 g/mol. The highest BCUT2D eigenvalue weighted by atomic mass is 35.5. The first-order valence-electron chi connectivity index (χ1n) is 9.77. The van der Waals surface area contributed by atoms with Crippen molar-refractivity contribution in [2.45, 2.75) is 25.9 Å². The Morgan fingerprint density at radius 1 is 1.10 bits per heavy atom. The molecule has 3 aromatic rings. The van der Waals surface area contributed by atoms with E-state index in [0.717, 1.165) is 11.1 Å². The predicted octanol–water partition coefficient (Wildman–Crippen LogP) is 6.35. The van der Waals surface area contributed by atoms with E-state index >= 15 is 0 Å². The lowest BCUT2D eigenvalue weighted by molar-refractivity contribution is -0.128. The maximum atomic E-state index is 13.8. The lowest BCUT2D eigenvalue weighted by atomic mass is 9.93. The van der Waals surface area contributed by atoms with Crippen LogP contribution in [0.15, 0.2) is 66.0 Å². The molecular weight excluding hydrogens is 455 g/mol. The Balaban J connectivity index is 1.80. The number of hydrogen-bond acceptors (Lipinski definition) is 3. The number of anilines is 1. The van der Waals surface area contributed by atoms with Crippen molar-refractivity contribution >= 4 is 46.5 Å². The minimum absolute atomic E-state index is 0.116.